The molecule has 37 heavy (non-hydrogen) atoms. The number of alkyl halides is 3. The van der Waals surface area contributed by atoms with Crippen molar-refractivity contribution in [3.05, 3.63) is 93.1 Å². The summed E-state index contributed by atoms with van der Waals surface area (Å²) < 4.78 is 75.4. The van der Waals surface area contributed by atoms with Gasteiger partial charge in [-0.3, -0.25) is 9.36 Å². The fraction of sp³-hybridized carbons (Fsp3) is 0.192. The normalized spacial score (nSPS) is 11.5. The number of furan rings is 1. The summed E-state index contributed by atoms with van der Waals surface area (Å²) in [6.07, 6.45) is -2.11. The van der Waals surface area contributed by atoms with Crippen LogP contribution >= 0.6 is 11.8 Å². The summed E-state index contributed by atoms with van der Waals surface area (Å²) in [7, 11) is 0. The Hall–Kier alpha value is -3.91. The maximum Gasteiger partial charge on any atom is 0.417 e. The van der Waals surface area contributed by atoms with Gasteiger partial charge in [-0.25, -0.2) is 13.8 Å². The van der Waals surface area contributed by atoms with Gasteiger partial charge in [0.2, 0.25) is 0 Å². The largest absolute Gasteiger partial charge is 0.462 e. The summed E-state index contributed by atoms with van der Waals surface area (Å²) >= 11 is 1.56. The summed E-state index contributed by atoms with van der Waals surface area (Å²) in [5, 5.41) is 10.2. The predicted octanol–water partition coefficient (Wildman–Crippen LogP) is 6.81. The Labute approximate surface area is 212 Å². The Morgan fingerprint density at radius 3 is 2.51 bits per heavy atom. The van der Waals surface area contributed by atoms with Crippen LogP contribution in [0.4, 0.5) is 22.0 Å². The third-order valence-electron chi connectivity index (χ3n) is 5.56. The van der Waals surface area contributed by atoms with Crippen molar-refractivity contribution in [2.75, 3.05) is 5.75 Å². The molecule has 0 fully saturated rings. The van der Waals surface area contributed by atoms with Crippen molar-refractivity contribution in [3.8, 4) is 28.7 Å². The van der Waals surface area contributed by atoms with Crippen molar-refractivity contribution in [2.45, 2.75) is 31.6 Å². The fourth-order valence-electron chi connectivity index (χ4n) is 3.79. The van der Waals surface area contributed by atoms with E-state index in [1.807, 2.05) is 19.9 Å². The van der Waals surface area contributed by atoms with Crippen LogP contribution in [0.5, 0.6) is 0 Å². The molecule has 0 aliphatic carbocycles. The van der Waals surface area contributed by atoms with E-state index in [1.54, 1.807) is 18.0 Å². The number of thioether (sulfide) groups is 1. The van der Waals surface area contributed by atoms with Crippen molar-refractivity contribution in [2.24, 2.45) is 0 Å². The number of nitriles is 1. The van der Waals surface area contributed by atoms with E-state index in [-0.39, 0.29) is 17.0 Å². The van der Waals surface area contributed by atoms with E-state index in [1.165, 1.54) is 18.4 Å². The number of rotatable bonds is 6. The predicted molar refractivity (Wildman–Crippen MR) is 128 cm³/mol. The maximum atomic E-state index is 14.4. The van der Waals surface area contributed by atoms with Gasteiger partial charge in [0, 0.05) is 29.0 Å². The highest BCUT2D eigenvalue weighted by Crippen LogP contribution is 2.36. The summed E-state index contributed by atoms with van der Waals surface area (Å²) in [6, 6.07) is 7.83. The highest BCUT2D eigenvalue weighted by atomic mass is 32.2. The molecular weight excluding hydrogens is 513 g/mol. The first-order valence-electron chi connectivity index (χ1n) is 10.9. The Balaban J connectivity index is 1.89. The molecule has 1 aromatic carbocycles. The first-order chi connectivity index (χ1) is 17.5. The van der Waals surface area contributed by atoms with Crippen molar-refractivity contribution < 1.29 is 26.4 Å². The Kier molecular flexibility index (Phi) is 7.23. The first-order valence-corrected chi connectivity index (χ1v) is 11.9. The number of hydrogen-bond acceptors (Lipinski definition) is 5. The monoisotopic (exact) mass is 531 g/mol. The van der Waals surface area contributed by atoms with Gasteiger partial charge in [-0.1, -0.05) is 13.0 Å². The van der Waals surface area contributed by atoms with E-state index in [0.29, 0.717) is 23.3 Å². The minimum Gasteiger partial charge on any atom is -0.462 e. The number of aromatic nitrogens is 2. The topological polar surface area (TPSA) is 71.8 Å². The molecule has 5 nitrogen and oxygen atoms in total. The Bertz CT molecular complexity index is 1580. The van der Waals surface area contributed by atoms with Gasteiger partial charge in [-0.05, 0) is 42.5 Å². The minimum absolute atomic E-state index is 0.116. The van der Waals surface area contributed by atoms with Crippen LogP contribution in [0, 0.1) is 29.9 Å². The van der Waals surface area contributed by atoms with E-state index >= 15 is 0 Å². The molecule has 0 radical (unpaired) electrons. The average molecular weight is 532 g/mol. The lowest BCUT2D eigenvalue weighted by atomic mass is 10.1. The van der Waals surface area contributed by atoms with Gasteiger partial charge in [-0.2, -0.15) is 18.4 Å². The maximum absolute atomic E-state index is 14.4. The number of benzene rings is 1. The molecule has 0 saturated heterocycles. The van der Waals surface area contributed by atoms with Gasteiger partial charge in [0.15, 0.2) is 5.76 Å². The highest BCUT2D eigenvalue weighted by Gasteiger charge is 2.37. The highest BCUT2D eigenvalue weighted by molar-refractivity contribution is 7.99. The molecule has 0 amide bonds. The second-order valence-corrected chi connectivity index (χ2v) is 9.29. The lowest BCUT2D eigenvalue weighted by Gasteiger charge is -2.16. The summed E-state index contributed by atoms with van der Waals surface area (Å²) in [6.45, 7) is 3.31. The van der Waals surface area contributed by atoms with E-state index in [0.717, 1.165) is 33.0 Å². The number of aryl methyl sites for hydroxylation is 1. The molecule has 0 bridgehead atoms. The molecule has 3 aromatic heterocycles. The summed E-state index contributed by atoms with van der Waals surface area (Å²) in [5.41, 5.74) is -2.34. The van der Waals surface area contributed by atoms with Gasteiger partial charge in [-0.15, -0.1) is 11.8 Å². The minimum atomic E-state index is -5.01. The quantitative estimate of drug-likeness (QED) is 0.202. The van der Waals surface area contributed by atoms with Crippen LogP contribution in [0.2, 0.25) is 0 Å². The van der Waals surface area contributed by atoms with Crippen LogP contribution in [-0.4, -0.2) is 15.3 Å². The zero-order valence-corrected chi connectivity index (χ0v) is 20.3. The fourth-order valence-corrected chi connectivity index (χ4v) is 4.48. The lowest BCUT2D eigenvalue weighted by molar-refractivity contribution is -0.137. The third kappa shape index (κ3) is 5.29. The second-order valence-electron chi connectivity index (χ2n) is 8.03. The molecule has 4 aromatic rings. The molecule has 0 spiro atoms. The molecule has 0 aliphatic heterocycles. The van der Waals surface area contributed by atoms with Crippen LogP contribution in [0.3, 0.4) is 0 Å². The number of nitrogens with zero attached hydrogens (tertiary/aromatic N) is 3. The number of hydrogen-bond donors (Lipinski definition) is 0. The Morgan fingerprint density at radius 1 is 1.14 bits per heavy atom. The molecule has 0 unspecified atom stereocenters. The zero-order valence-electron chi connectivity index (χ0n) is 19.5. The third-order valence-corrected chi connectivity index (χ3v) is 6.55. The second kappa shape index (κ2) is 10.2. The van der Waals surface area contributed by atoms with Crippen molar-refractivity contribution >= 4 is 11.8 Å². The molecule has 0 N–H and O–H groups in total. The molecule has 0 saturated carbocycles. The van der Waals surface area contributed by atoms with Crippen LogP contribution in [0.15, 0.2) is 63.1 Å². The SMILES string of the molecule is CCSc1ncc(-c2coc(-c3cc(C(F)(F)F)c(C#N)c(=O)n3Cc3ccc(F)cc3F)c2)cc1C. The molecule has 3 heterocycles. The van der Waals surface area contributed by atoms with Gasteiger partial charge >= 0.3 is 6.18 Å². The lowest BCUT2D eigenvalue weighted by Crippen LogP contribution is -2.29. The number of halogens is 5. The van der Waals surface area contributed by atoms with Crippen LogP contribution in [0.25, 0.3) is 22.6 Å². The van der Waals surface area contributed by atoms with E-state index in [9.17, 15) is 32.0 Å². The van der Waals surface area contributed by atoms with Crippen LogP contribution in [-0.2, 0) is 12.7 Å². The molecule has 11 heteroatoms. The van der Waals surface area contributed by atoms with Gasteiger partial charge in [0.05, 0.1) is 29.1 Å². The van der Waals surface area contributed by atoms with Crippen molar-refractivity contribution in [3.63, 3.8) is 0 Å². The van der Waals surface area contributed by atoms with Crippen LogP contribution < -0.4 is 5.56 Å². The summed E-state index contributed by atoms with van der Waals surface area (Å²) in [5.74, 6) is -1.14. The molecule has 4 rings (SSSR count). The standard InChI is InChI=1S/C26H18F5N3O2S/c1-3-37-24-14(2)6-16(11-33-24)17-7-23(36-13-17)22-9-20(26(29,30)31)19(10-32)25(35)34(22)12-15-4-5-18(27)8-21(15)28/h4-9,11,13H,3,12H2,1-2H3. The average Bonchev–Trinajstić information content (AvgIpc) is 3.32. The molecular formula is C26H18F5N3O2S. The van der Waals surface area contributed by atoms with Gasteiger partial charge in [0.1, 0.15) is 23.3 Å². The molecule has 190 valence electrons. The van der Waals surface area contributed by atoms with E-state index in [2.05, 4.69) is 4.98 Å². The molecule has 0 atom stereocenters. The molecule has 0 aliphatic rings. The smallest absolute Gasteiger partial charge is 0.417 e. The number of pyridine rings is 2. The zero-order chi connectivity index (χ0) is 26.9. The van der Waals surface area contributed by atoms with Crippen molar-refractivity contribution in [1.82, 2.24) is 9.55 Å². The van der Waals surface area contributed by atoms with Gasteiger partial charge in [0.25, 0.3) is 5.56 Å². The van der Waals surface area contributed by atoms with Crippen molar-refractivity contribution in [1.29, 1.82) is 5.26 Å². The Morgan fingerprint density at radius 2 is 1.89 bits per heavy atom. The van der Waals surface area contributed by atoms with Gasteiger partial charge < -0.3 is 4.42 Å². The van der Waals surface area contributed by atoms with E-state index < -0.39 is 41.0 Å². The first kappa shape index (κ1) is 26.2. The van der Waals surface area contributed by atoms with Crippen LogP contribution in [0.1, 0.15) is 29.2 Å². The summed E-state index contributed by atoms with van der Waals surface area (Å²) in [4.78, 5) is 17.5. The van der Waals surface area contributed by atoms with E-state index in [4.69, 9.17) is 4.42 Å².